The lowest BCUT2D eigenvalue weighted by Crippen LogP contribution is -2.10. The number of benzene rings is 1. The van der Waals surface area contributed by atoms with Crippen LogP contribution in [0, 0.1) is 11.3 Å². The van der Waals surface area contributed by atoms with E-state index in [-0.39, 0.29) is 0 Å². The van der Waals surface area contributed by atoms with Gasteiger partial charge in [-0.15, -0.1) is 0 Å². The van der Waals surface area contributed by atoms with Gasteiger partial charge in [0.2, 0.25) is 0 Å². The molecule has 1 aromatic carbocycles. The second-order valence-corrected chi connectivity index (χ2v) is 3.63. The monoisotopic (exact) mass is 238 g/mol. The van der Waals surface area contributed by atoms with Crippen molar-refractivity contribution in [2.45, 2.75) is 6.42 Å². The highest BCUT2D eigenvalue weighted by Gasteiger charge is 2.00. The molecule has 0 atom stereocenters. The minimum atomic E-state index is 0.695. The van der Waals surface area contributed by atoms with Crippen LogP contribution < -0.4 is 5.32 Å². The maximum absolute atomic E-state index is 8.65. The zero-order valence-electron chi connectivity index (χ0n) is 7.47. The van der Waals surface area contributed by atoms with Crippen molar-refractivity contribution in [3.05, 3.63) is 33.8 Å². The summed E-state index contributed by atoms with van der Waals surface area (Å²) in [7, 11) is 1.93. The van der Waals surface area contributed by atoms with E-state index in [1.165, 1.54) is 5.56 Å². The van der Waals surface area contributed by atoms with Gasteiger partial charge in [-0.2, -0.15) is 5.26 Å². The number of nitrogens with zero attached hydrogens (tertiary/aromatic N) is 1. The Hall–Kier alpha value is -0.850. The van der Waals surface area contributed by atoms with E-state index in [0.29, 0.717) is 5.56 Å². The average Bonchev–Trinajstić information content (AvgIpc) is 2.16. The zero-order valence-corrected chi connectivity index (χ0v) is 9.06. The number of rotatable bonds is 3. The van der Waals surface area contributed by atoms with Gasteiger partial charge in [0.15, 0.2) is 0 Å². The summed E-state index contributed by atoms with van der Waals surface area (Å²) in [4.78, 5) is 0. The fraction of sp³-hybridized carbons (Fsp3) is 0.300. The Morgan fingerprint density at radius 2 is 2.31 bits per heavy atom. The Morgan fingerprint density at radius 3 is 2.85 bits per heavy atom. The van der Waals surface area contributed by atoms with Crippen LogP contribution in [0.5, 0.6) is 0 Å². The van der Waals surface area contributed by atoms with E-state index >= 15 is 0 Å². The van der Waals surface area contributed by atoms with Crippen molar-refractivity contribution in [1.82, 2.24) is 5.32 Å². The van der Waals surface area contributed by atoms with Crippen LogP contribution in [0.25, 0.3) is 0 Å². The van der Waals surface area contributed by atoms with Crippen LogP contribution >= 0.6 is 15.9 Å². The Morgan fingerprint density at radius 1 is 1.54 bits per heavy atom. The molecule has 0 spiro atoms. The summed E-state index contributed by atoms with van der Waals surface area (Å²) in [6.45, 7) is 0.949. The van der Waals surface area contributed by atoms with E-state index in [1.807, 2.05) is 25.2 Å². The predicted octanol–water partition coefficient (Wildman–Crippen LogP) is 2.08. The SMILES string of the molecule is CNCCc1ccc(C#N)cc1Br. The molecule has 3 heteroatoms. The van der Waals surface area contributed by atoms with Crippen molar-refractivity contribution in [2.75, 3.05) is 13.6 Å². The second-order valence-electron chi connectivity index (χ2n) is 2.77. The van der Waals surface area contributed by atoms with Crippen molar-refractivity contribution in [3.63, 3.8) is 0 Å². The van der Waals surface area contributed by atoms with E-state index in [2.05, 4.69) is 27.3 Å². The second kappa shape index (κ2) is 5.00. The van der Waals surface area contributed by atoms with Gasteiger partial charge in [0, 0.05) is 4.47 Å². The first-order valence-corrected chi connectivity index (χ1v) is 4.90. The molecule has 0 heterocycles. The summed E-state index contributed by atoms with van der Waals surface area (Å²) in [5.74, 6) is 0. The molecule has 0 bridgehead atoms. The van der Waals surface area contributed by atoms with Gasteiger partial charge in [0.25, 0.3) is 0 Å². The topological polar surface area (TPSA) is 35.8 Å². The number of hydrogen-bond donors (Lipinski definition) is 1. The van der Waals surface area contributed by atoms with Gasteiger partial charge in [-0.25, -0.2) is 0 Å². The lowest BCUT2D eigenvalue weighted by atomic mass is 10.1. The molecule has 0 radical (unpaired) electrons. The van der Waals surface area contributed by atoms with Crippen molar-refractivity contribution < 1.29 is 0 Å². The first kappa shape index (κ1) is 10.2. The number of halogens is 1. The van der Waals surface area contributed by atoms with E-state index in [0.717, 1.165) is 17.4 Å². The summed E-state index contributed by atoms with van der Waals surface area (Å²) < 4.78 is 1.02. The third-order valence-corrected chi connectivity index (χ3v) is 2.56. The highest BCUT2D eigenvalue weighted by Crippen LogP contribution is 2.18. The minimum Gasteiger partial charge on any atom is -0.319 e. The molecule has 0 aliphatic heterocycles. The van der Waals surface area contributed by atoms with Crippen molar-refractivity contribution in [3.8, 4) is 6.07 Å². The van der Waals surface area contributed by atoms with Gasteiger partial charge in [-0.3, -0.25) is 0 Å². The molecule has 0 aliphatic carbocycles. The van der Waals surface area contributed by atoms with Crippen molar-refractivity contribution >= 4 is 15.9 Å². The highest BCUT2D eigenvalue weighted by atomic mass is 79.9. The molecular weight excluding hydrogens is 228 g/mol. The molecule has 68 valence electrons. The molecule has 1 aromatic rings. The third-order valence-electron chi connectivity index (χ3n) is 1.83. The van der Waals surface area contributed by atoms with Crippen LogP contribution in [0.1, 0.15) is 11.1 Å². The molecule has 0 aromatic heterocycles. The minimum absolute atomic E-state index is 0.695. The van der Waals surface area contributed by atoms with E-state index in [9.17, 15) is 0 Å². The van der Waals surface area contributed by atoms with E-state index < -0.39 is 0 Å². The molecule has 0 aliphatic rings. The molecule has 0 saturated carbocycles. The van der Waals surface area contributed by atoms with Crippen LogP contribution in [-0.4, -0.2) is 13.6 Å². The van der Waals surface area contributed by atoms with Crippen molar-refractivity contribution in [1.29, 1.82) is 5.26 Å². The van der Waals surface area contributed by atoms with Gasteiger partial charge >= 0.3 is 0 Å². The summed E-state index contributed by atoms with van der Waals surface area (Å²) in [6.07, 6.45) is 0.975. The Bertz CT molecular complexity index is 328. The molecular formula is C10H11BrN2. The molecule has 0 amide bonds. The molecule has 0 fully saturated rings. The highest BCUT2D eigenvalue weighted by molar-refractivity contribution is 9.10. The summed E-state index contributed by atoms with van der Waals surface area (Å²) in [6, 6.07) is 7.79. The zero-order chi connectivity index (χ0) is 9.68. The number of hydrogen-bond acceptors (Lipinski definition) is 2. The Kier molecular flexibility index (Phi) is 3.94. The van der Waals surface area contributed by atoms with Gasteiger partial charge in [0.1, 0.15) is 0 Å². The lowest BCUT2D eigenvalue weighted by molar-refractivity contribution is 0.790. The van der Waals surface area contributed by atoms with E-state index in [4.69, 9.17) is 5.26 Å². The van der Waals surface area contributed by atoms with Gasteiger partial charge in [0.05, 0.1) is 11.6 Å². The summed E-state index contributed by atoms with van der Waals surface area (Å²) >= 11 is 3.44. The number of nitriles is 1. The van der Waals surface area contributed by atoms with E-state index in [1.54, 1.807) is 0 Å². The van der Waals surface area contributed by atoms with Crippen LogP contribution in [0.4, 0.5) is 0 Å². The summed E-state index contributed by atoms with van der Waals surface area (Å²) in [5.41, 5.74) is 1.92. The third kappa shape index (κ3) is 2.83. The Balaban J connectivity index is 2.81. The van der Waals surface area contributed by atoms with Crippen molar-refractivity contribution in [2.24, 2.45) is 0 Å². The lowest BCUT2D eigenvalue weighted by Gasteiger charge is -2.03. The largest absolute Gasteiger partial charge is 0.319 e. The molecule has 0 saturated heterocycles. The normalized spacial score (nSPS) is 9.62. The number of likely N-dealkylation sites (N-methyl/N-ethyl adjacent to an activating group) is 1. The van der Waals surface area contributed by atoms with Gasteiger partial charge < -0.3 is 5.32 Å². The molecule has 2 nitrogen and oxygen atoms in total. The molecule has 1 N–H and O–H groups in total. The van der Waals surface area contributed by atoms with Gasteiger partial charge in [-0.1, -0.05) is 22.0 Å². The average molecular weight is 239 g/mol. The number of nitrogens with one attached hydrogen (secondary N) is 1. The fourth-order valence-electron chi connectivity index (χ4n) is 1.08. The van der Waals surface area contributed by atoms with Gasteiger partial charge in [-0.05, 0) is 37.7 Å². The van der Waals surface area contributed by atoms with Crippen LogP contribution in [0.15, 0.2) is 22.7 Å². The fourth-order valence-corrected chi connectivity index (χ4v) is 1.66. The quantitative estimate of drug-likeness (QED) is 0.876. The van der Waals surface area contributed by atoms with Crippen LogP contribution in [0.3, 0.4) is 0 Å². The first-order valence-electron chi connectivity index (χ1n) is 4.11. The first-order chi connectivity index (χ1) is 6.27. The smallest absolute Gasteiger partial charge is 0.0992 e. The van der Waals surface area contributed by atoms with Crippen LogP contribution in [-0.2, 0) is 6.42 Å². The molecule has 1 rings (SSSR count). The van der Waals surface area contributed by atoms with Crippen LogP contribution in [0.2, 0.25) is 0 Å². The molecule has 13 heavy (non-hydrogen) atoms. The maximum atomic E-state index is 8.65. The maximum Gasteiger partial charge on any atom is 0.0992 e. The molecule has 0 unspecified atom stereocenters. The Labute approximate surface area is 86.7 Å². The summed E-state index contributed by atoms with van der Waals surface area (Å²) in [5, 5.41) is 11.7. The predicted molar refractivity (Wildman–Crippen MR) is 56.5 cm³/mol. The standard InChI is InChI=1S/C10H11BrN2/c1-13-5-4-9-3-2-8(7-12)6-10(9)11/h2-3,6,13H,4-5H2,1H3.